The van der Waals surface area contributed by atoms with Gasteiger partial charge in [-0.25, -0.2) is 0 Å². The van der Waals surface area contributed by atoms with Crippen LogP contribution in [0.4, 0.5) is 0 Å². The predicted octanol–water partition coefficient (Wildman–Crippen LogP) is 1.41. The van der Waals surface area contributed by atoms with Gasteiger partial charge in [-0.05, 0) is 36.5 Å². The van der Waals surface area contributed by atoms with Crippen molar-refractivity contribution < 1.29 is 19.1 Å². The van der Waals surface area contributed by atoms with E-state index in [9.17, 15) is 9.59 Å². The van der Waals surface area contributed by atoms with E-state index in [1.165, 1.54) is 7.11 Å². The van der Waals surface area contributed by atoms with Gasteiger partial charge in [-0.2, -0.15) is 0 Å². The number of para-hydroxylation sites is 2. The summed E-state index contributed by atoms with van der Waals surface area (Å²) in [6.07, 6.45) is 0. The molecular weight excluding hydrogens is 342 g/mol. The fourth-order valence-electron chi connectivity index (χ4n) is 1.84. The van der Waals surface area contributed by atoms with Crippen LogP contribution in [-0.4, -0.2) is 30.6 Å². The Morgan fingerprint density at radius 3 is 2.28 bits per heavy atom. The Hall–Kier alpha value is -3.13. The maximum atomic E-state index is 11.9. The van der Waals surface area contributed by atoms with Gasteiger partial charge in [0.05, 0.1) is 7.11 Å². The smallest absolute Gasteiger partial charge is 0.276 e. The number of ether oxygens (including phenoxy) is 2. The highest BCUT2D eigenvalue weighted by molar-refractivity contribution is 7.80. The van der Waals surface area contributed by atoms with Crippen LogP contribution in [0.5, 0.6) is 11.5 Å². The molecule has 130 valence electrons. The van der Waals surface area contributed by atoms with Gasteiger partial charge in [-0.3, -0.25) is 25.8 Å². The molecule has 0 radical (unpaired) electrons. The summed E-state index contributed by atoms with van der Waals surface area (Å²) < 4.78 is 10.5. The Kier molecular flexibility index (Phi) is 6.73. The van der Waals surface area contributed by atoms with E-state index < -0.39 is 5.91 Å². The van der Waals surface area contributed by atoms with Gasteiger partial charge < -0.3 is 9.47 Å². The van der Waals surface area contributed by atoms with Crippen molar-refractivity contribution in [3.05, 3.63) is 60.2 Å². The third-order valence-electron chi connectivity index (χ3n) is 3.01. The van der Waals surface area contributed by atoms with Crippen LogP contribution in [0.25, 0.3) is 0 Å². The van der Waals surface area contributed by atoms with Crippen molar-refractivity contribution in [3.8, 4) is 11.5 Å². The van der Waals surface area contributed by atoms with Gasteiger partial charge >= 0.3 is 0 Å². The minimum absolute atomic E-state index is 0.0282. The Morgan fingerprint density at radius 1 is 0.960 bits per heavy atom. The first-order chi connectivity index (χ1) is 12.1. The monoisotopic (exact) mass is 359 g/mol. The zero-order valence-corrected chi connectivity index (χ0v) is 14.3. The summed E-state index contributed by atoms with van der Waals surface area (Å²) in [4.78, 5) is 23.7. The number of hydrogen-bond acceptors (Lipinski definition) is 5. The van der Waals surface area contributed by atoms with E-state index in [2.05, 4.69) is 16.2 Å². The molecule has 0 aliphatic carbocycles. The molecule has 8 heteroatoms. The third-order valence-corrected chi connectivity index (χ3v) is 3.21. The molecule has 2 aromatic carbocycles. The topological polar surface area (TPSA) is 88.7 Å². The Labute approximate surface area is 150 Å². The first-order valence-electron chi connectivity index (χ1n) is 7.31. The summed E-state index contributed by atoms with van der Waals surface area (Å²) in [6.45, 7) is -0.247. The lowest BCUT2D eigenvalue weighted by Gasteiger charge is -2.12. The number of hydrazine groups is 1. The zero-order valence-electron chi connectivity index (χ0n) is 13.4. The quantitative estimate of drug-likeness (QED) is 0.553. The van der Waals surface area contributed by atoms with E-state index in [0.29, 0.717) is 17.1 Å². The minimum Gasteiger partial charge on any atom is -0.493 e. The molecule has 7 nitrogen and oxygen atoms in total. The van der Waals surface area contributed by atoms with E-state index in [4.69, 9.17) is 21.7 Å². The SMILES string of the molecule is COc1ccccc1OCC(=O)NNC(=S)NC(=O)c1ccccc1. The Balaban J connectivity index is 1.74. The van der Waals surface area contributed by atoms with Crippen LogP contribution < -0.4 is 25.6 Å². The average Bonchev–Trinajstić information content (AvgIpc) is 2.65. The number of carbonyl (C=O) groups is 2. The number of benzene rings is 2. The number of rotatable bonds is 5. The van der Waals surface area contributed by atoms with Gasteiger partial charge in [0.1, 0.15) is 0 Å². The molecule has 2 rings (SSSR count). The molecule has 2 aromatic rings. The van der Waals surface area contributed by atoms with Gasteiger partial charge in [-0.1, -0.05) is 30.3 Å². The molecule has 0 aromatic heterocycles. The first kappa shape index (κ1) is 18.2. The van der Waals surface area contributed by atoms with Gasteiger partial charge in [0.2, 0.25) is 0 Å². The third kappa shape index (κ3) is 5.78. The number of hydrogen-bond donors (Lipinski definition) is 3. The molecule has 0 aliphatic rings. The van der Waals surface area contributed by atoms with Crippen molar-refractivity contribution in [3.63, 3.8) is 0 Å². The lowest BCUT2D eigenvalue weighted by Crippen LogP contribution is -2.49. The number of methoxy groups -OCH3 is 1. The van der Waals surface area contributed by atoms with E-state index >= 15 is 0 Å². The molecule has 3 N–H and O–H groups in total. The van der Waals surface area contributed by atoms with E-state index in [-0.39, 0.29) is 17.6 Å². The molecule has 0 fully saturated rings. The van der Waals surface area contributed by atoms with E-state index in [0.717, 1.165) is 0 Å². The lowest BCUT2D eigenvalue weighted by atomic mass is 10.2. The number of nitrogens with one attached hydrogen (secondary N) is 3. The molecule has 2 amide bonds. The van der Waals surface area contributed by atoms with Gasteiger partial charge in [-0.15, -0.1) is 0 Å². The molecule has 0 atom stereocenters. The molecule has 0 bridgehead atoms. The summed E-state index contributed by atoms with van der Waals surface area (Å²) in [5, 5.41) is 2.42. The molecule has 25 heavy (non-hydrogen) atoms. The summed E-state index contributed by atoms with van der Waals surface area (Å²) in [5.74, 6) is 0.119. The van der Waals surface area contributed by atoms with Gasteiger partial charge in [0.25, 0.3) is 11.8 Å². The van der Waals surface area contributed by atoms with Crippen LogP contribution in [0.3, 0.4) is 0 Å². The molecular formula is C17H17N3O4S. The number of amides is 2. The number of carbonyl (C=O) groups excluding carboxylic acids is 2. The van der Waals surface area contributed by atoms with Crippen LogP contribution in [0.15, 0.2) is 54.6 Å². The summed E-state index contributed by atoms with van der Waals surface area (Å²) in [6, 6.07) is 15.5. The Morgan fingerprint density at radius 2 is 1.60 bits per heavy atom. The zero-order chi connectivity index (χ0) is 18.1. The largest absolute Gasteiger partial charge is 0.493 e. The van der Waals surface area contributed by atoms with E-state index in [1.54, 1.807) is 54.6 Å². The van der Waals surface area contributed by atoms with E-state index in [1.807, 2.05) is 0 Å². The molecule has 0 spiro atoms. The van der Waals surface area contributed by atoms with Crippen molar-refractivity contribution in [2.45, 2.75) is 0 Å². The maximum absolute atomic E-state index is 11.9. The normalized spacial score (nSPS) is 9.64. The highest BCUT2D eigenvalue weighted by Gasteiger charge is 2.09. The van der Waals surface area contributed by atoms with Gasteiger partial charge in [0, 0.05) is 5.56 Å². The highest BCUT2D eigenvalue weighted by atomic mass is 32.1. The van der Waals surface area contributed by atoms with Crippen molar-refractivity contribution in [2.24, 2.45) is 0 Å². The van der Waals surface area contributed by atoms with Crippen molar-refractivity contribution >= 4 is 29.1 Å². The van der Waals surface area contributed by atoms with Crippen LogP contribution >= 0.6 is 12.2 Å². The van der Waals surface area contributed by atoms with Crippen LogP contribution in [0, 0.1) is 0 Å². The molecule has 0 aliphatic heterocycles. The maximum Gasteiger partial charge on any atom is 0.276 e. The molecule has 0 saturated heterocycles. The molecule has 0 heterocycles. The first-order valence-corrected chi connectivity index (χ1v) is 7.72. The van der Waals surface area contributed by atoms with Gasteiger partial charge in [0.15, 0.2) is 23.2 Å². The summed E-state index contributed by atoms with van der Waals surface area (Å²) >= 11 is 4.95. The molecule has 0 saturated carbocycles. The van der Waals surface area contributed by atoms with Crippen LogP contribution in [0.1, 0.15) is 10.4 Å². The fraction of sp³-hybridized carbons (Fsp3) is 0.118. The number of thiocarbonyl (C=S) groups is 1. The standard InChI is InChI=1S/C17H17N3O4S/c1-23-13-9-5-6-10-14(13)24-11-15(21)19-20-17(25)18-16(22)12-7-3-2-4-8-12/h2-10H,11H2,1H3,(H,19,21)(H2,18,20,22,25). The minimum atomic E-state index is -0.470. The lowest BCUT2D eigenvalue weighted by molar-refractivity contribution is -0.123. The van der Waals surface area contributed by atoms with Crippen LogP contribution in [-0.2, 0) is 4.79 Å². The second-order valence-electron chi connectivity index (χ2n) is 4.76. The van der Waals surface area contributed by atoms with Crippen molar-refractivity contribution in [2.75, 3.05) is 13.7 Å². The summed E-state index contributed by atoms with van der Waals surface area (Å²) in [7, 11) is 1.51. The predicted molar refractivity (Wildman–Crippen MR) is 96.3 cm³/mol. The fourth-order valence-corrected chi connectivity index (χ4v) is 1.98. The second kappa shape index (κ2) is 9.24. The Bertz CT molecular complexity index is 753. The van der Waals surface area contributed by atoms with Crippen molar-refractivity contribution in [1.29, 1.82) is 0 Å². The highest BCUT2D eigenvalue weighted by Crippen LogP contribution is 2.25. The second-order valence-corrected chi connectivity index (χ2v) is 5.17. The van der Waals surface area contributed by atoms with Crippen LogP contribution in [0.2, 0.25) is 0 Å². The van der Waals surface area contributed by atoms with Crippen molar-refractivity contribution in [1.82, 2.24) is 16.2 Å². The molecule has 0 unspecified atom stereocenters. The summed E-state index contributed by atoms with van der Waals surface area (Å²) in [5.41, 5.74) is 5.23. The average molecular weight is 359 g/mol.